The summed E-state index contributed by atoms with van der Waals surface area (Å²) in [7, 11) is 0. The molecule has 1 saturated carbocycles. The molecule has 2 aliphatic rings. The molecule has 1 atom stereocenters. The molecular formula is C20H27N3O2. The number of nitrogens with one attached hydrogen (secondary N) is 1. The highest BCUT2D eigenvalue weighted by Crippen LogP contribution is 2.37. The number of aromatic amines is 1. The molecule has 25 heavy (non-hydrogen) atoms. The number of hydrogen-bond donors (Lipinski definition) is 1. The molecule has 1 aliphatic heterocycles. The van der Waals surface area contributed by atoms with Crippen LogP contribution >= 0.6 is 0 Å². The third-order valence-electron chi connectivity index (χ3n) is 5.41. The maximum absolute atomic E-state index is 5.73. The van der Waals surface area contributed by atoms with Crippen molar-refractivity contribution < 1.29 is 9.47 Å². The SMILES string of the molecule is CC(C)C(C)N(Cc1cn[nH]c1-c1ccc2c(c1)OCCO2)C1CC1. The van der Waals surface area contributed by atoms with Gasteiger partial charge in [0.1, 0.15) is 13.2 Å². The smallest absolute Gasteiger partial charge is 0.162 e. The van der Waals surface area contributed by atoms with E-state index < -0.39 is 0 Å². The van der Waals surface area contributed by atoms with Gasteiger partial charge in [-0.2, -0.15) is 5.10 Å². The molecule has 0 radical (unpaired) electrons. The molecule has 1 N–H and O–H groups in total. The molecule has 0 amide bonds. The van der Waals surface area contributed by atoms with Crippen molar-refractivity contribution in [3.63, 3.8) is 0 Å². The average Bonchev–Trinajstić information content (AvgIpc) is 3.36. The van der Waals surface area contributed by atoms with E-state index in [1.165, 1.54) is 18.4 Å². The van der Waals surface area contributed by atoms with Gasteiger partial charge in [-0.1, -0.05) is 13.8 Å². The predicted octanol–water partition coefficient (Wildman–Crippen LogP) is 3.86. The number of rotatable bonds is 6. The summed E-state index contributed by atoms with van der Waals surface area (Å²) in [4.78, 5) is 2.64. The summed E-state index contributed by atoms with van der Waals surface area (Å²) in [5.41, 5.74) is 3.43. The topological polar surface area (TPSA) is 50.4 Å². The summed E-state index contributed by atoms with van der Waals surface area (Å²) < 4.78 is 11.4. The molecular weight excluding hydrogens is 314 g/mol. The van der Waals surface area contributed by atoms with E-state index in [1.807, 2.05) is 12.3 Å². The zero-order chi connectivity index (χ0) is 17.4. The molecule has 5 nitrogen and oxygen atoms in total. The Morgan fingerprint density at radius 2 is 1.92 bits per heavy atom. The third-order valence-corrected chi connectivity index (χ3v) is 5.41. The van der Waals surface area contributed by atoms with E-state index in [0.717, 1.165) is 35.3 Å². The van der Waals surface area contributed by atoms with Gasteiger partial charge in [0.15, 0.2) is 11.5 Å². The number of benzene rings is 1. The van der Waals surface area contributed by atoms with Crippen LogP contribution < -0.4 is 9.47 Å². The van der Waals surface area contributed by atoms with Crippen LogP contribution in [0.5, 0.6) is 11.5 Å². The summed E-state index contributed by atoms with van der Waals surface area (Å²) in [6.07, 6.45) is 4.59. The van der Waals surface area contributed by atoms with Crippen LogP contribution in [-0.2, 0) is 6.54 Å². The Labute approximate surface area is 149 Å². The Morgan fingerprint density at radius 3 is 2.64 bits per heavy atom. The molecule has 1 fully saturated rings. The van der Waals surface area contributed by atoms with Gasteiger partial charge in [0.2, 0.25) is 0 Å². The highest BCUT2D eigenvalue weighted by Gasteiger charge is 2.33. The Kier molecular flexibility index (Phi) is 4.42. The quantitative estimate of drug-likeness (QED) is 0.867. The van der Waals surface area contributed by atoms with Crippen molar-refractivity contribution in [3.05, 3.63) is 30.0 Å². The van der Waals surface area contributed by atoms with Gasteiger partial charge < -0.3 is 9.47 Å². The van der Waals surface area contributed by atoms with Crippen molar-refractivity contribution in [2.75, 3.05) is 13.2 Å². The second-order valence-electron chi connectivity index (χ2n) is 7.52. The van der Waals surface area contributed by atoms with Gasteiger partial charge in [0.25, 0.3) is 0 Å². The third kappa shape index (κ3) is 3.38. The van der Waals surface area contributed by atoms with E-state index in [-0.39, 0.29) is 0 Å². The van der Waals surface area contributed by atoms with Crippen LogP contribution in [0.25, 0.3) is 11.3 Å². The summed E-state index contributed by atoms with van der Waals surface area (Å²) in [6, 6.07) is 7.41. The van der Waals surface area contributed by atoms with E-state index in [1.54, 1.807) is 0 Å². The fraction of sp³-hybridized carbons (Fsp3) is 0.550. The monoisotopic (exact) mass is 341 g/mol. The molecule has 0 spiro atoms. The maximum Gasteiger partial charge on any atom is 0.162 e. The number of H-pyrrole nitrogens is 1. The van der Waals surface area contributed by atoms with Crippen LogP contribution in [0.1, 0.15) is 39.2 Å². The molecule has 2 heterocycles. The molecule has 1 aliphatic carbocycles. The normalized spacial score (nSPS) is 18.0. The molecule has 0 saturated heterocycles. The molecule has 4 rings (SSSR count). The lowest BCUT2D eigenvalue weighted by Crippen LogP contribution is -2.37. The highest BCUT2D eigenvalue weighted by atomic mass is 16.6. The summed E-state index contributed by atoms with van der Waals surface area (Å²) in [5.74, 6) is 2.29. The Bertz CT molecular complexity index is 736. The number of fused-ring (bicyclic) bond motifs is 1. The number of hydrogen-bond acceptors (Lipinski definition) is 4. The van der Waals surface area contributed by atoms with Crippen LogP contribution in [-0.4, -0.2) is 40.4 Å². The predicted molar refractivity (Wildman–Crippen MR) is 97.9 cm³/mol. The van der Waals surface area contributed by atoms with Crippen molar-refractivity contribution in [1.29, 1.82) is 0 Å². The van der Waals surface area contributed by atoms with Gasteiger partial charge in [-0.05, 0) is 43.9 Å². The first-order valence-corrected chi connectivity index (χ1v) is 9.31. The van der Waals surface area contributed by atoms with Crippen LogP contribution in [0, 0.1) is 5.92 Å². The van der Waals surface area contributed by atoms with E-state index >= 15 is 0 Å². The minimum atomic E-state index is 0.565. The standard InChI is InChI=1S/C20H27N3O2/c1-13(2)14(3)23(17-5-6-17)12-16-11-21-22-20(16)15-4-7-18-19(10-15)25-9-8-24-18/h4,7,10-11,13-14,17H,5-6,8-9,12H2,1-3H3,(H,21,22). The fourth-order valence-electron chi connectivity index (χ4n) is 3.47. The number of nitrogens with zero attached hydrogens (tertiary/aromatic N) is 2. The fourth-order valence-corrected chi connectivity index (χ4v) is 3.47. The number of aromatic nitrogens is 2. The largest absolute Gasteiger partial charge is 0.486 e. The minimum Gasteiger partial charge on any atom is -0.486 e. The second kappa shape index (κ2) is 6.71. The van der Waals surface area contributed by atoms with Crippen LogP contribution in [0.3, 0.4) is 0 Å². The minimum absolute atomic E-state index is 0.565. The van der Waals surface area contributed by atoms with Crippen LogP contribution in [0.15, 0.2) is 24.4 Å². The molecule has 134 valence electrons. The van der Waals surface area contributed by atoms with Gasteiger partial charge in [0, 0.05) is 29.8 Å². The lowest BCUT2D eigenvalue weighted by Gasteiger charge is -2.32. The van der Waals surface area contributed by atoms with E-state index in [2.05, 4.69) is 48.0 Å². The summed E-state index contributed by atoms with van der Waals surface area (Å²) in [6.45, 7) is 9.10. The second-order valence-corrected chi connectivity index (χ2v) is 7.52. The van der Waals surface area contributed by atoms with Crippen molar-refractivity contribution in [2.24, 2.45) is 5.92 Å². The van der Waals surface area contributed by atoms with E-state index in [4.69, 9.17) is 9.47 Å². The summed E-state index contributed by atoms with van der Waals surface area (Å²) in [5, 5.41) is 7.51. The molecule has 0 bridgehead atoms. The van der Waals surface area contributed by atoms with Crippen molar-refractivity contribution in [1.82, 2.24) is 15.1 Å². The summed E-state index contributed by atoms with van der Waals surface area (Å²) >= 11 is 0. The highest BCUT2D eigenvalue weighted by molar-refractivity contribution is 5.66. The lowest BCUT2D eigenvalue weighted by atomic mass is 10.0. The van der Waals surface area contributed by atoms with Gasteiger partial charge in [0.05, 0.1) is 11.9 Å². The Morgan fingerprint density at radius 1 is 1.16 bits per heavy atom. The number of ether oxygens (including phenoxy) is 2. The first-order valence-electron chi connectivity index (χ1n) is 9.31. The average molecular weight is 341 g/mol. The van der Waals surface area contributed by atoms with Crippen LogP contribution in [0.4, 0.5) is 0 Å². The van der Waals surface area contributed by atoms with Crippen LogP contribution in [0.2, 0.25) is 0 Å². The zero-order valence-electron chi connectivity index (χ0n) is 15.3. The molecule has 1 aromatic carbocycles. The Balaban J connectivity index is 1.60. The Hall–Kier alpha value is -2.01. The van der Waals surface area contributed by atoms with Crippen molar-refractivity contribution in [3.8, 4) is 22.8 Å². The van der Waals surface area contributed by atoms with Gasteiger partial charge in [-0.3, -0.25) is 10.00 Å². The first kappa shape index (κ1) is 16.5. The lowest BCUT2D eigenvalue weighted by molar-refractivity contribution is 0.151. The van der Waals surface area contributed by atoms with Gasteiger partial charge >= 0.3 is 0 Å². The van der Waals surface area contributed by atoms with Crippen molar-refractivity contribution >= 4 is 0 Å². The first-order chi connectivity index (χ1) is 12.1. The zero-order valence-corrected chi connectivity index (χ0v) is 15.3. The van der Waals surface area contributed by atoms with Gasteiger partial charge in [-0.25, -0.2) is 0 Å². The molecule has 1 aromatic heterocycles. The van der Waals surface area contributed by atoms with E-state index in [0.29, 0.717) is 25.2 Å². The maximum atomic E-state index is 5.73. The molecule has 1 unspecified atom stereocenters. The van der Waals surface area contributed by atoms with E-state index in [9.17, 15) is 0 Å². The van der Waals surface area contributed by atoms with Crippen molar-refractivity contribution in [2.45, 2.75) is 52.2 Å². The molecule has 2 aromatic rings. The molecule has 5 heteroatoms. The van der Waals surface area contributed by atoms with Gasteiger partial charge in [-0.15, -0.1) is 0 Å².